The maximum absolute atomic E-state index is 2.41. The Bertz CT molecular complexity index is 846. The molecule has 0 N–H and O–H groups in total. The number of benzene rings is 2. The number of hydrogen-bond acceptors (Lipinski definition) is 0. The first kappa shape index (κ1) is 14.1. The van der Waals surface area contributed by atoms with Gasteiger partial charge in [-0.1, -0.05) is 0 Å². The number of rotatable bonds is 2. The van der Waals surface area contributed by atoms with Gasteiger partial charge in [-0.3, -0.25) is 0 Å². The minimum atomic E-state index is -1.51. The summed E-state index contributed by atoms with van der Waals surface area (Å²) in [6.07, 6.45) is 9.21. The van der Waals surface area contributed by atoms with Gasteiger partial charge in [-0.2, -0.15) is 0 Å². The Morgan fingerprint density at radius 3 is 2.55 bits per heavy atom. The Kier molecular flexibility index (Phi) is 3.60. The van der Waals surface area contributed by atoms with Crippen molar-refractivity contribution in [1.29, 1.82) is 0 Å². The third kappa shape index (κ3) is 2.22. The minimum absolute atomic E-state index is 1.12. The van der Waals surface area contributed by atoms with Gasteiger partial charge in [0.25, 0.3) is 0 Å². The Balaban J connectivity index is 1.90. The molecule has 0 unspecified atom stereocenters. The van der Waals surface area contributed by atoms with Gasteiger partial charge in [0, 0.05) is 0 Å². The van der Waals surface area contributed by atoms with Crippen LogP contribution in [0.15, 0.2) is 64.6 Å². The fraction of sp³-hybridized carbons (Fsp3) is 0.190. The molecule has 2 aromatic rings. The van der Waals surface area contributed by atoms with Crippen molar-refractivity contribution in [3.8, 4) is 11.1 Å². The molecule has 0 radical (unpaired) electrons. The summed E-state index contributed by atoms with van der Waals surface area (Å²) in [6, 6.07) is 15.9. The molecular formula is C21H20Ti. The Morgan fingerprint density at radius 2 is 1.77 bits per heavy atom. The summed E-state index contributed by atoms with van der Waals surface area (Å²) in [5.74, 6) is 0. The molecule has 1 heteroatoms. The monoisotopic (exact) mass is 320 g/mol. The van der Waals surface area contributed by atoms with E-state index >= 15 is 0 Å². The topological polar surface area (TPSA) is 0 Å². The third-order valence-corrected chi connectivity index (χ3v) is 9.43. The standard InChI is InChI=1S/C13H9.C5H5.C3H6.Ti/c1-3-7-12-10(5-1)9-11-6-2-4-8-13(11)12;1-2-4-5-3-1;1-3-2;/h1-5,7-8H,9H2;1-3H,4H2;1-2H3;. The van der Waals surface area contributed by atoms with Gasteiger partial charge in [0.1, 0.15) is 0 Å². The zero-order valence-electron chi connectivity index (χ0n) is 13.2. The Morgan fingerprint density at radius 1 is 0.955 bits per heavy atom. The average molecular weight is 320 g/mol. The van der Waals surface area contributed by atoms with Crippen LogP contribution in [0.3, 0.4) is 0 Å². The summed E-state index contributed by atoms with van der Waals surface area (Å²) in [4.78, 5) is 0. The normalized spacial score (nSPS) is 14.5. The molecule has 2 aliphatic carbocycles. The average Bonchev–Trinajstić information content (AvgIpc) is 3.15. The molecule has 0 fully saturated rings. The van der Waals surface area contributed by atoms with Gasteiger partial charge in [0.2, 0.25) is 0 Å². The van der Waals surface area contributed by atoms with Crippen LogP contribution >= 0.6 is 0 Å². The van der Waals surface area contributed by atoms with E-state index in [1.807, 2.05) is 0 Å². The summed E-state index contributed by atoms with van der Waals surface area (Å²) in [7, 11) is 0. The second-order valence-electron chi connectivity index (χ2n) is 6.36. The molecule has 108 valence electrons. The molecule has 0 aromatic heterocycles. The fourth-order valence-electron chi connectivity index (χ4n) is 3.79. The van der Waals surface area contributed by atoms with Gasteiger partial charge in [0.15, 0.2) is 0 Å². The van der Waals surface area contributed by atoms with E-state index in [0.717, 1.165) is 12.8 Å². The molecule has 0 atom stereocenters. The van der Waals surface area contributed by atoms with E-state index in [0.29, 0.717) is 0 Å². The van der Waals surface area contributed by atoms with Crippen LogP contribution in [0, 0.1) is 0 Å². The van der Waals surface area contributed by atoms with Gasteiger partial charge < -0.3 is 0 Å². The van der Waals surface area contributed by atoms with Gasteiger partial charge in [-0.25, -0.2) is 0 Å². The van der Waals surface area contributed by atoms with Crippen LogP contribution in [0.1, 0.15) is 31.4 Å². The summed E-state index contributed by atoms with van der Waals surface area (Å²) in [5, 5.41) is 0. The summed E-state index contributed by atoms with van der Waals surface area (Å²) < 4.78 is 5.02. The molecule has 2 aliphatic rings. The van der Waals surface area contributed by atoms with Crippen LogP contribution in [0.5, 0.6) is 0 Å². The number of allylic oxidation sites excluding steroid dienone is 4. The maximum atomic E-state index is 2.41. The van der Waals surface area contributed by atoms with Gasteiger partial charge in [0.05, 0.1) is 0 Å². The first-order valence-electron chi connectivity index (χ1n) is 8.00. The quantitative estimate of drug-likeness (QED) is 0.607. The van der Waals surface area contributed by atoms with Crippen molar-refractivity contribution >= 4 is 7.68 Å². The van der Waals surface area contributed by atoms with Gasteiger partial charge >= 0.3 is 139 Å². The van der Waals surface area contributed by atoms with Crippen molar-refractivity contribution in [2.75, 3.05) is 0 Å². The van der Waals surface area contributed by atoms with Crippen molar-refractivity contribution in [3.05, 3.63) is 75.7 Å². The molecule has 0 saturated heterocycles. The second kappa shape index (κ2) is 5.61. The van der Waals surface area contributed by atoms with Crippen molar-refractivity contribution in [2.24, 2.45) is 0 Å². The third-order valence-electron chi connectivity index (χ3n) is 4.71. The number of fused-ring (bicyclic) bond motifs is 3. The van der Waals surface area contributed by atoms with E-state index < -0.39 is 17.4 Å². The summed E-state index contributed by atoms with van der Waals surface area (Å²) in [6.45, 7) is 4.69. The van der Waals surface area contributed by atoms with Crippen LogP contribution in [0.25, 0.3) is 11.1 Å². The second-order valence-corrected chi connectivity index (χ2v) is 10.9. The van der Waals surface area contributed by atoms with Gasteiger partial charge in [-0.05, 0) is 0 Å². The van der Waals surface area contributed by atoms with Crippen LogP contribution < -0.4 is 3.87 Å². The molecule has 0 bridgehead atoms. The van der Waals surface area contributed by atoms with Crippen molar-refractivity contribution in [2.45, 2.75) is 26.7 Å². The molecule has 22 heavy (non-hydrogen) atoms. The predicted octanol–water partition coefficient (Wildman–Crippen LogP) is 4.56. The Labute approximate surface area is 138 Å². The molecule has 0 spiro atoms. The van der Waals surface area contributed by atoms with Crippen LogP contribution in [0.2, 0.25) is 0 Å². The van der Waals surface area contributed by atoms with E-state index in [1.54, 1.807) is 17.1 Å². The molecule has 0 heterocycles. The van der Waals surface area contributed by atoms with E-state index in [4.69, 9.17) is 0 Å². The fourth-order valence-corrected chi connectivity index (χ4v) is 8.32. The van der Waals surface area contributed by atoms with Crippen molar-refractivity contribution in [1.82, 2.24) is 0 Å². The molecule has 0 amide bonds. The van der Waals surface area contributed by atoms with E-state index in [-0.39, 0.29) is 0 Å². The molecule has 0 saturated carbocycles. The number of hydrogen-bond donors (Lipinski definition) is 0. The SMILES string of the molecule is C[C](C)=[Ti]([C]1=CC=CC1)[c]1cccc2c1Cc1ccccc1-2. The molecule has 0 aliphatic heterocycles. The van der Waals surface area contributed by atoms with E-state index in [1.165, 1.54) is 16.7 Å². The molecule has 0 nitrogen and oxygen atoms in total. The van der Waals surface area contributed by atoms with Crippen molar-refractivity contribution < 1.29 is 17.4 Å². The van der Waals surface area contributed by atoms with Crippen LogP contribution in [-0.4, -0.2) is 3.81 Å². The van der Waals surface area contributed by atoms with E-state index in [2.05, 4.69) is 74.5 Å². The van der Waals surface area contributed by atoms with E-state index in [9.17, 15) is 0 Å². The zero-order chi connectivity index (χ0) is 15.1. The summed E-state index contributed by atoms with van der Waals surface area (Å²) in [5.41, 5.74) is 6.03. The van der Waals surface area contributed by atoms with Crippen LogP contribution in [0.4, 0.5) is 0 Å². The molecule has 4 rings (SSSR count). The zero-order valence-corrected chi connectivity index (χ0v) is 14.7. The van der Waals surface area contributed by atoms with Crippen molar-refractivity contribution in [3.63, 3.8) is 0 Å². The van der Waals surface area contributed by atoms with Gasteiger partial charge in [-0.15, -0.1) is 0 Å². The molecule has 2 aromatic carbocycles. The first-order chi connectivity index (χ1) is 10.8. The Hall–Kier alpha value is -1.50. The van der Waals surface area contributed by atoms with Crippen LogP contribution in [-0.2, 0) is 23.8 Å². The first-order valence-corrected chi connectivity index (χ1v) is 10.3. The predicted molar refractivity (Wildman–Crippen MR) is 92.5 cm³/mol. The molecular weight excluding hydrogens is 300 g/mol. The summed E-state index contributed by atoms with van der Waals surface area (Å²) >= 11 is -1.51.